The fourth-order valence-electron chi connectivity index (χ4n) is 1.61. The quantitative estimate of drug-likeness (QED) is 0.679. The Morgan fingerprint density at radius 2 is 1.67 bits per heavy atom. The summed E-state index contributed by atoms with van der Waals surface area (Å²) in [6.45, 7) is 1.74. The summed E-state index contributed by atoms with van der Waals surface area (Å²) >= 11 is 18.4. The molecule has 1 aromatic carbocycles. The number of sulfonamides is 1. The van der Waals surface area contributed by atoms with Crippen LogP contribution < -0.4 is 4.72 Å². The van der Waals surface area contributed by atoms with Crippen LogP contribution >= 0.6 is 55.1 Å². The molecule has 0 aliphatic carbocycles. The van der Waals surface area contributed by atoms with Gasteiger partial charge in [0.05, 0.1) is 10.0 Å². The largest absolute Gasteiger partial charge is 0.266 e. The van der Waals surface area contributed by atoms with Gasteiger partial charge in [0, 0.05) is 15.1 Å². The maximum atomic E-state index is 12.4. The van der Waals surface area contributed by atoms with E-state index in [1.165, 1.54) is 18.3 Å². The van der Waals surface area contributed by atoms with Crippen molar-refractivity contribution in [2.24, 2.45) is 0 Å². The molecule has 9 heteroatoms. The molecule has 0 saturated carbocycles. The molecule has 4 nitrogen and oxygen atoms in total. The van der Waals surface area contributed by atoms with Gasteiger partial charge in [0.25, 0.3) is 10.0 Å². The summed E-state index contributed by atoms with van der Waals surface area (Å²) in [6.07, 6.45) is 1.50. The SMILES string of the molecule is Cc1cc(Br)cnc1NS(=O)(=O)c1c(Cl)cc(Br)cc1Cl. The second-order valence-corrected chi connectivity index (χ2v) is 8.39. The van der Waals surface area contributed by atoms with Gasteiger partial charge in [-0.25, -0.2) is 13.4 Å². The van der Waals surface area contributed by atoms with Gasteiger partial charge in [-0.05, 0) is 46.6 Å². The summed E-state index contributed by atoms with van der Waals surface area (Å²) in [5, 5.41) is 0.0493. The van der Waals surface area contributed by atoms with Crippen LogP contribution in [0.2, 0.25) is 10.0 Å². The molecule has 0 aliphatic rings. The predicted molar refractivity (Wildman–Crippen MR) is 91.6 cm³/mol. The molecule has 1 N–H and O–H groups in total. The van der Waals surface area contributed by atoms with E-state index in [1.807, 2.05) is 0 Å². The van der Waals surface area contributed by atoms with Crippen LogP contribution in [0.25, 0.3) is 0 Å². The van der Waals surface area contributed by atoms with Crippen molar-refractivity contribution in [1.82, 2.24) is 4.98 Å². The average molecular weight is 475 g/mol. The minimum absolute atomic E-state index is 0.0247. The zero-order valence-corrected chi connectivity index (χ0v) is 16.0. The molecule has 0 radical (unpaired) electrons. The van der Waals surface area contributed by atoms with E-state index in [-0.39, 0.29) is 20.8 Å². The molecule has 112 valence electrons. The van der Waals surface area contributed by atoms with E-state index in [0.717, 1.165) is 4.47 Å². The zero-order valence-electron chi connectivity index (χ0n) is 10.5. The molecule has 0 saturated heterocycles. The number of halogens is 4. The van der Waals surface area contributed by atoms with Gasteiger partial charge in [-0.2, -0.15) is 0 Å². The lowest BCUT2D eigenvalue weighted by Crippen LogP contribution is -2.16. The van der Waals surface area contributed by atoms with E-state index in [4.69, 9.17) is 23.2 Å². The van der Waals surface area contributed by atoms with Crippen LogP contribution in [0.1, 0.15) is 5.56 Å². The van der Waals surface area contributed by atoms with Crippen molar-refractivity contribution < 1.29 is 8.42 Å². The van der Waals surface area contributed by atoms with E-state index in [0.29, 0.717) is 10.0 Å². The Kier molecular flexibility index (Phi) is 5.20. The summed E-state index contributed by atoms with van der Waals surface area (Å²) in [4.78, 5) is 3.85. The van der Waals surface area contributed by atoms with Crippen molar-refractivity contribution in [2.75, 3.05) is 4.72 Å². The highest BCUT2D eigenvalue weighted by Crippen LogP contribution is 2.34. The summed E-state index contributed by atoms with van der Waals surface area (Å²) < 4.78 is 28.6. The number of nitrogens with one attached hydrogen (secondary N) is 1. The molecule has 0 amide bonds. The maximum Gasteiger partial charge on any atom is 0.266 e. The van der Waals surface area contributed by atoms with Crippen LogP contribution in [0.5, 0.6) is 0 Å². The van der Waals surface area contributed by atoms with Crippen LogP contribution in [0, 0.1) is 6.92 Å². The normalized spacial score (nSPS) is 11.5. The third-order valence-electron chi connectivity index (χ3n) is 2.51. The summed E-state index contributed by atoms with van der Waals surface area (Å²) in [6, 6.07) is 4.67. The standard InChI is InChI=1S/C12H8Br2Cl2N2O2S/c1-6-2-8(14)5-17-12(6)18-21(19,20)11-9(15)3-7(13)4-10(11)16/h2-5H,1H3,(H,17,18). The van der Waals surface area contributed by atoms with Crippen molar-refractivity contribution in [3.63, 3.8) is 0 Å². The number of aromatic nitrogens is 1. The third-order valence-corrected chi connectivity index (χ3v) is 5.66. The Hall–Kier alpha value is -0.340. The van der Waals surface area contributed by atoms with E-state index in [1.54, 1.807) is 13.0 Å². The van der Waals surface area contributed by atoms with Crippen LogP contribution in [-0.4, -0.2) is 13.4 Å². The lowest BCUT2D eigenvalue weighted by molar-refractivity contribution is 0.601. The van der Waals surface area contributed by atoms with Gasteiger partial charge in [0.15, 0.2) is 0 Å². The van der Waals surface area contributed by atoms with Gasteiger partial charge in [0.1, 0.15) is 10.7 Å². The molecule has 0 unspecified atom stereocenters. The number of aryl methyl sites for hydroxylation is 1. The number of rotatable bonds is 3. The predicted octanol–water partition coefficient (Wildman–Crippen LogP) is 5.02. The number of hydrogen-bond donors (Lipinski definition) is 1. The summed E-state index contributed by atoms with van der Waals surface area (Å²) in [5.41, 5.74) is 0.664. The average Bonchev–Trinajstić information content (AvgIpc) is 2.30. The van der Waals surface area contributed by atoms with Gasteiger partial charge in [-0.1, -0.05) is 39.1 Å². The van der Waals surface area contributed by atoms with Gasteiger partial charge >= 0.3 is 0 Å². The molecule has 1 heterocycles. The topological polar surface area (TPSA) is 59.1 Å². The molecular formula is C12H8Br2Cl2N2O2S. The van der Waals surface area contributed by atoms with Gasteiger partial charge < -0.3 is 0 Å². The van der Waals surface area contributed by atoms with Crippen molar-refractivity contribution in [1.29, 1.82) is 0 Å². The Labute approximate surface area is 149 Å². The molecule has 2 rings (SSSR count). The molecule has 0 atom stereocenters. The molecule has 0 fully saturated rings. The van der Waals surface area contributed by atoms with Crippen LogP contribution in [0.15, 0.2) is 38.2 Å². The Balaban J connectivity index is 2.48. The number of nitrogens with zero attached hydrogens (tertiary/aromatic N) is 1. The van der Waals surface area contributed by atoms with E-state index in [9.17, 15) is 8.42 Å². The number of pyridine rings is 1. The Morgan fingerprint density at radius 3 is 2.19 bits per heavy atom. The first-order chi connectivity index (χ1) is 9.70. The molecule has 21 heavy (non-hydrogen) atoms. The van der Waals surface area contributed by atoms with Gasteiger partial charge in [0.2, 0.25) is 0 Å². The molecule has 0 aliphatic heterocycles. The molecule has 2 aromatic rings. The lowest BCUT2D eigenvalue weighted by atomic mass is 10.3. The summed E-state index contributed by atoms with van der Waals surface area (Å²) in [7, 11) is -3.94. The highest BCUT2D eigenvalue weighted by molar-refractivity contribution is 9.10. The second kappa shape index (κ2) is 6.42. The smallest absolute Gasteiger partial charge is 0.263 e. The number of hydrogen-bond acceptors (Lipinski definition) is 3. The number of benzene rings is 1. The zero-order chi connectivity index (χ0) is 15.8. The summed E-state index contributed by atoms with van der Waals surface area (Å²) in [5.74, 6) is 0.216. The fourth-order valence-corrected chi connectivity index (χ4v) is 5.08. The highest BCUT2D eigenvalue weighted by Gasteiger charge is 2.23. The van der Waals surface area contributed by atoms with E-state index in [2.05, 4.69) is 41.6 Å². The lowest BCUT2D eigenvalue weighted by Gasteiger charge is -2.12. The highest BCUT2D eigenvalue weighted by atomic mass is 79.9. The fraction of sp³-hybridized carbons (Fsp3) is 0.0833. The third kappa shape index (κ3) is 3.90. The molecule has 0 bridgehead atoms. The minimum Gasteiger partial charge on any atom is -0.263 e. The Morgan fingerprint density at radius 1 is 1.10 bits per heavy atom. The first-order valence-electron chi connectivity index (χ1n) is 5.50. The van der Waals surface area contributed by atoms with Crippen molar-refractivity contribution in [2.45, 2.75) is 11.8 Å². The Bertz CT molecular complexity index is 790. The van der Waals surface area contributed by atoms with Crippen molar-refractivity contribution >= 4 is 70.9 Å². The maximum absolute atomic E-state index is 12.4. The second-order valence-electron chi connectivity index (χ2n) is 4.12. The minimum atomic E-state index is -3.94. The monoisotopic (exact) mass is 472 g/mol. The van der Waals surface area contributed by atoms with Gasteiger partial charge in [-0.3, -0.25) is 4.72 Å². The van der Waals surface area contributed by atoms with Crippen LogP contribution in [-0.2, 0) is 10.0 Å². The molecule has 0 spiro atoms. The van der Waals surface area contributed by atoms with Crippen molar-refractivity contribution in [3.8, 4) is 0 Å². The van der Waals surface area contributed by atoms with E-state index >= 15 is 0 Å². The molecular weight excluding hydrogens is 467 g/mol. The van der Waals surface area contributed by atoms with Crippen LogP contribution in [0.3, 0.4) is 0 Å². The van der Waals surface area contributed by atoms with Crippen LogP contribution in [0.4, 0.5) is 5.82 Å². The van der Waals surface area contributed by atoms with E-state index < -0.39 is 10.0 Å². The first-order valence-corrected chi connectivity index (χ1v) is 9.33. The molecule has 1 aromatic heterocycles. The number of anilines is 1. The first kappa shape index (κ1) is 17.0. The van der Waals surface area contributed by atoms with Crippen molar-refractivity contribution in [3.05, 3.63) is 49.0 Å². The van der Waals surface area contributed by atoms with Gasteiger partial charge in [-0.15, -0.1) is 0 Å².